The van der Waals surface area contributed by atoms with Gasteiger partial charge in [-0.05, 0) is 44.5 Å². The lowest BCUT2D eigenvalue weighted by atomic mass is 10.1. The summed E-state index contributed by atoms with van der Waals surface area (Å²) in [5, 5.41) is 3.42. The van der Waals surface area contributed by atoms with Crippen molar-refractivity contribution >= 4 is 12.4 Å². The summed E-state index contributed by atoms with van der Waals surface area (Å²) in [7, 11) is 0. The van der Waals surface area contributed by atoms with E-state index in [0.29, 0.717) is 0 Å². The third kappa shape index (κ3) is 5.01. The van der Waals surface area contributed by atoms with Crippen LogP contribution >= 0.6 is 12.4 Å². The Bertz CT molecular complexity index is 356. The Kier molecular flexibility index (Phi) is 7.21. The first-order chi connectivity index (χ1) is 8.77. The van der Waals surface area contributed by atoms with Crippen molar-refractivity contribution < 1.29 is 4.74 Å². The molecule has 1 N–H and O–H groups in total. The van der Waals surface area contributed by atoms with E-state index in [0.717, 1.165) is 38.5 Å². The van der Waals surface area contributed by atoms with E-state index >= 15 is 0 Å². The molecule has 0 aliphatic carbocycles. The minimum atomic E-state index is 0. The highest BCUT2D eigenvalue weighted by Crippen LogP contribution is 2.22. The molecule has 1 heterocycles. The maximum atomic E-state index is 5.95. The lowest BCUT2D eigenvalue weighted by Crippen LogP contribution is -2.32. The van der Waals surface area contributed by atoms with Gasteiger partial charge in [0.15, 0.2) is 0 Å². The maximum Gasteiger partial charge on any atom is 0.125 e. The molecule has 0 spiro atoms. The predicted molar refractivity (Wildman–Crippen MR) is 82.6 cm³/mol. The zero-order chi connectivity index (χ0) is 12.8. The molecule has 1 saturated heterocycles. The molecule has 19 heavy (non-hydrogen) atoms. The molecule has 0 radical (unpaired) electrons. The maximum absolute atomic E-state index is 5.95. The van der Waals surface area contributed by atoms with Crippen LogP contribution in [-0.2, 0) is 0 Å². The predicted octanol–water partition coefficient (Wildman–Crippen LogP) is 2.40. The number of para-hydroxylation sites is 1. The Morgan fingerprint density at radius 3 is 2.63 bits per heavy atom. The molecule has 1 aromatic carbocycles. The minimum Gasteiger partial charge on any atom is -0.492 e. The molecule has 0 atom stereocenters. The highest BCUT2D eigenvalue weighted by Gasteiger charge is 2.09. The molecule has 108 valence electrons. The Balaban J connectivity index is 0.00000180. The molecule has 3 nitrogen and oxygen atoms in total. The van der Waals surface area contributed by atoms with Crippen LogP contribution in [0.2, 0.25) is 0 Å². The number of benzene rings is 1. The molecule has 1 aliphatic rings. The van der Waals surface area contributed by atoms with Gasteiger partial charge in [-0.1, -0.05) is 18.2 Å². The molecule has 0 aromatic heterocycles. The summed E-state index contributed by atoms with van der Waals surface area (Å²) >= 11 is 0. The van der Waals surface area contributed by atoms with E-state index in [1.165, 1.54) is 24.1 Å². The van der Waals surface area contributed by atoms with Crippen LogP contribution in [0.3, 0.4) is 0 Å². The molecule has 1 aliphatic heterocycles. The monoisotopic (exact) mass is 284 g/mol. The van der Waals surface area contributed by atoms with Crippen molar-refractivity contribution in [1.29, 1.82) is 0 Å². The van der Waals surface area contributed by atoms with E-state index in [2.05, 4.69) is 42.3 Å². The second kappa shape index (κ2) is 8.41. The molecule has 1 aromatic rings. The topological polar surface area (TPSA) is 24.5 Å². The van der Waals surface area contributed by atoms with Crippen molar-refractivity contribution in [3.63, 3.8) is 0 Å². The van der Waals surface area contributed by atoms with Gasteiger partial charge in [0.1, 0.15) is 12.4 Å². The van der Waals surface area contributed by atoms with Crippen LogP contribution in [0.15, 0.2) is 18.2 Å². The van der Waals surface area contributed by atoms with Crippen molar-refractivity contribution in [3.05, 3.63) is 29.3 Å². The molecule has 1 fully saturated rings. The van der Waals surface area contributed by atoms with Crippen LogP contribution in [0, 0.1) is 13.8 Å². The number of nitrogens with zero attached hydrogens (tertiary/aromatic N) is 1. The summed E-state index contributed by atoms with van der Waals surface area (Å²) in [4.78, 5) is 2.48. The first-order valence-electron chi connectivity index (χ1n) is 6.89. The molecule has 0 bridgehead atoms. The van der Waals surface area contributed by atoms with E-state index in [4.69, 9.17) is 4.74 Å². The van der Waals surface area contributed by atoms with Crippen molar-refractivity contribution in [1.82, 2.24) is 10.2 Å². The van der Waals surface area contributed by atoms with Gasteiger partial charge in [-0.25, -0.2) is 0 Å². The van der Waals surface area contributed by atoms with Gasteiger partial charge in [0, 0.05) is 19.6 Å². The fourth-order valence-corrected chi connectivity index (χ4v) is 2.43. The summed E-state index contributed by atoms with van der Waals surface area (Å²) in [5.74, 6) is 1.06. The van der Waals surface area contributed by atoms with Crippen LogP contribution in [-0.4, -0.2) is 44.2 Å². The number of aryl methyl sites for hydroxylation is 2. The number of nitrogens with one attached hydrogen (secondary N) is 1. The van der Waals surface area contributed by atoms with Gasteiger partial charge in [-0.3, -0.25) is 4.90 Å². The standard InChI is InChI=1S/C15H24N2O.ClH/c1-13-5-3-6-14(2)15(13)18-12-11-17-9-4-7-16-8-10-17;/h3,5-6,16H,4,7-12H2,1-2H3;1H. The lowest BCUT2D eigenvalue weighted by molar-refractivity contribution is 0.216. The molecular weight excluding hydrogens is 260 g/mol. The first-order valence-corrected chi connectivity index (χ1v) is 6.89. The van der Waals surface area contributed by atoms with Crippen molar-refractivity contribution in [2.45, 2.75) is 20.3 Å². The highest BCUT2D eigenvalue weighted by atomic mass is 35.5. The third-order valence-electron chi connectivity index (χ3n) is 3.50. The van der Waals surface area contributed by atoms with E-state index in [9.17, 15) is 0 Å². The van der Waals surface area contributed by atoms with E-state index < -0.39 is 0 Å². The zero-order valence-corrected chi connectivity index (χ0v) is 12.8. The second-order valence-electron chi connectivity index (χ2n) is 5.01. The Hall–Kier alpha value is -0.770. The third-order valence-corrected chi connectivity index (χ3v) is 3.50. The summed E-state index contributed by atoms with van der Waals surface area (Å²) in [6.07, 6.45) is 1.24. The van der Waals surface area contributed by atoms with Crippen molar-refractivity contribution in [2.75, 3.05) is 39.3 Å². The smallest absolute Gasteiger partial charge is 0.125 e. The number of ether oxygens (including phenoxy) is 1. The van der Waals surface area contributed by atoms with Gasteiger partial charge in [-0.2, -0.15) is 0 Å². The van der Waals surface area contributed by atoms with Gasteiger partial charge in [0.2, 0.25) is 0 Å². The van der Waals surface area contributed by atoms with Crippen LogP contribution in [0.25, 0.3) is 0 Å². The van der Waals surface area contributed by atoms with E-state index in [1.54, 1.807) is 0 Å². The Morgan fingerprint density at radius 1 is 1.16 bits per heavy atom. The number of hydrogen-bond acceptors (Lipinski definition) is 3. The molecule has 0 unspecified atom stereocenters. The van der Waals surface area contributed by atoms with Gasteiger partial charge < -0.3 is 10.1 Å². The second-order valence-corrected chi connectivity index (χ2v) is 5.01. The summed E-state index contributed by atoms with van der Waals surface area (Å²) < 4.78 is 5.95. The largest absolute Gasteiger partial charge is 0.492 e. The van der Waals surface area contributed by atoms with Gasteiger partial charge in [0.25, 0.3) is 0 Å². The lowest BCUT2D eigenvalue weighted by Gasteiger charge is -2.20. The van der Waals surface area contributed by atoms with Gasteiger partial charge >= 0.3 is 0 Å². The summed E-state index contributed by atoms with van der Waals surface area (Å²) in [6, 6.07) is 6.30. The highest BCUT2D eigenvalue weighted by molar-refractivity contribution is 5.85. The minimum absolute atomic E-state index is 0. The molecular formula is C15H25ClN2O. The first kappa shape index (κ1) is 16.3. The average molecular weight is 285 g/mol. The summed E-state index contributed by atoms with van der Waals surface area (Å²) in [6.45, 7) is 10.6. The molecule has 4 heteroatoms. The van der Waals surface area contributed by atoms with Gasteiger partial charge in [0.05, 0.1) is 0 Å². The Labute approximate surface area is 122 Å². The van der Waals surface area contributed by atoms with Crippen LogP contribution in [0.4, 0.5) is 0 Å². The van der Waals surface area contributed by atoms with Crippen molar-refractivity contribution in [2.24, 2.45) is 0 Å². The van der Waals surface area contributed by atoms with Gasteiger partial charge in [-0.15, -0.1) is 12.4 Å². The zero-order valence-electron chi connectivity index (χ0n) is 11.9. The SMILES string of the molecule is Cc1cccc(C)c1OCCN1CCCNCC1.Cl. The molecule has 0 saturated carbocycles. The fourth-order valence-electron chi connectivity index (χ4n) is 2.43. The van der Waals surface area contributed by atoms with Crippen LogP contribution in [0.5, 0.6) is 5.75 Å². The Morgan fingerprint density at radius 2 is 1.89 bits per heavy atom. The number of hydrogen-bond donors (Lipinski definition) is 1. The van der Waals surface area contributed by atoms with E-state index in [1.807, 2.05) is 0 Å². The van der Waals surface area contributed by atoms with Crippen LogP contribution < -0.4 is 10.1 Å². The van der Waals surface area contributed by atoms with E-state index in [-0.39, 0.29) is 12.4 Å². The van der Waals surface area contributed by atoms with Crippen LogP contribution in [0.1, 0.15) is 17.5 Å². The number of rotatable bonds is 4. The molecule has 2 rings (SSSR count). The quantitative estimate of drug-likeness (QED) is 0.919. The average Bonchev–Trinajstić information content (AvgIpc) is 2.61. The summed E-state index contributed by atoms with van der Waals surface area (Å²) in [5.41, 5.74) is 2.46. The molecule has 0 amide bonds. The normalized spacial score (nSPS) is 16.5. The fraction of sp³-hybridized carbons (Fsp3) is 0.600. The van der Waals surface area contributed by atoms with Crippen molar-refractivity contribution in [3.8, 4) is 5.75 Å². The number of halogens is 1.